The van der Waals surface area contributed by atoms with Crippen LogP contribution in [0, 0.1) is 11.6 Å². The molecule has 2 heterocycles. The summed E-state index contributed by atoms with van der Waals surface area (Å²) in [5.74, 6) is -1.40. The van der Waals surface area contributed by atoms with Crippen LogP contribution in [0.3, 0.4) is 0 Å². The number of para-hydroxylation sites is 1. The Balaban J connectivity index is 1.96. The van der Waals surface area contributed by atoms with Crippen molar-refractivity contribution in [2.45, 2.75) is 32.9 Å². The lowest BCUT2D eigenvalue weighted by Gasteiger charge is -2.12. The van der Waals surface area contributed by atoms with Crippen molar-refractivity contribution < 1.29 is 8.78 Å². The van der Waals surface area contributed by atoms with E-state index in [1.807, 2.05) is 13.0 Å². The largest absolute Gasteiger partial charge is 0.337 e. The summed E-state index contributed by atoms with van der Waals surface area (Å²) in [7, 11) is 0. The zero-order valence-corrected chi connectivity index (χ0v) is 16.4. The van der Waals surface area contributed by atoms with Gasteiger partial charge in [0.05, 0.1) is 12.0 Å². The van der Waals surface area contributed by atoms with Crippen LogP contribution in [0.1, 0.15) is 25.3 Å². The Hall–Kier alpha value is -3.55. The number of aromatic nitrogens is 4. The van der Waals surface area contributed by atoms with Crippen molar-refractivity contribution in [1.29, 1.82) is 0 Å². The average Bonchev–Trinajstić information content (AvgIpc) is 3.11. The first-order valence-electron chi connectivity index (χ1n) is 9.70. The first-order chi connectivity index (χ1) is 14.5. The number of fused-ring (bicyclic) bond motifs is 1. The zero-order chi connectivity index (χ0) is 21.3. The van der Waals surface area contributed by atoms with Gasteiger partial charge in [-0.25, -0.2) is 23.1 Å². The van der Waals surface area contributed by atoms with Crippen LogP contribution in [0.4, 0.5) is 8.78 Å². The van der Waals surface area contributed by atoms with Gasteiger partial charge in [-0.2, -0.15) is 0 Å². The van der Waals surface area contributed by atoms with Gasteiger partial charge in [0.15, 0.2) is 11.2 Å². The molecule has 154 valence electrons. The molecule has 0 radical (unpaired) electrons. The smallest absolute Gasteiger partial charge is 0.320 e. The van der Waals surface area contributed by atoms with Gasteiger partial charge >= 0.3 is 5.69 Å². The molecule has 4 aromatic rings. The predicted octanol–water partition coefficient (Wildman–Crippen LogP) is 3.48. The van der Waals surface area contributed by atoms with E-state index in [0.29, 0.717) is 17.7 Å². The summed E-state index contributed by atoms with van der Waals surface area (Å²) in [5.41, 5.74) is 0.419. The minimum absolute atomic E-state index is 0.0428. The zero-order valence-electron chi connectivity index (χ0n) is 16.4. The van der Waals surface area contributed by atoms with Crippen LogP contribution in [-0.4, -0.2) is 18.7 Å². The summed E-state index contributed by atoms with van der Waals surface area (Å²) in [6.07, 6.45) is 2.90. The lowest BCUT2D eigenvalue weighted by Crippen LogP contribution is -2.40. The van der Waals surface area contributed by atoms with E-state index in [2.05, 4.69) is 4.98 Å². The predicted molar refractivity (Wildman–Crippen MR) is 110 cm³/mol. The Labute approximate surface area is 170 Å². The van der Waals surface area contributed by atoms with Crippen LogP contribution < -0.4 is 11.2 Å². The number of halogens is 2. The van der Waals surface area contributed by atoms with Gasteiger partial charge in [0.25, 0.3) is 5.56 Å². The van der Waals surface area contributed by atoms with E-state index in [1.54, 1.807) is 24.3 Å². The highest BCUT2D eigenvalue weighted by Gasteiger charge is 2.19. The van der Waals surface area contributed by atoms with E-state index in [9.17, 15) is 18.4 Å². The molecule has 0 saturated carbocycles. The van der Waals surface area contributed by atoms with Crippen LogP contribution in [-0.2, 0) is 13.1 Å². The highest BCUT2D eigenvalue weighted by atomic mass is 19.1. The summed E-state index contributed by atoms with van der Waals surface area (Å²) in [6.45, 7) is 2.29. The number of hydrogen-bond donors (Lipinski definition) is 0. The molecule has 0 bridgehead atoms. The number of benzene rings is 2. The van der Waals surface area contributed by atoms with Gasteiger partial charge < -0.3 is 4.57 Å². The van der Waals surface area contributed by atoms with Gasteiger partial charge in [0.1, 0.15) is 11.6 Å². The molecule has 6 nitrogen and oxygen atoms in total. The molecule has 30 heavy (non-hydrogen) atoms. The molecule has 0 amide bonds. The van der Waals surface area contributed by atoms with Crippen molar-refractivity contribution in [3.63, 3.8) is 0 Å². The Morgan fingerprint density at radius 2 is 1.70 bits per heavy atom. The SMILES string of the molecule is CCCCn1c(=O)c2c(ncn2Cc2cc(F)cc(F)c2)n(-c2ccccc2)c1=O. The fraction of sp³-hybridized carbons (Fsp3) is 0.227. The third kappa shape index (κ3) is 3.56. The molecule has 0 unspecified atom stereocenters. The van der Waals surface area contributed by atoms with Gasteiger partial charge in [-0.1, -0.05) is 31.5 Å². The molecule has 0 fully saturated rings. The first-order valence-corrected chi connectivity index (χ1v) is 9.70. The normalized spacial score (nSPS) is 11.3. The number of imidazole rings is 1. The van der Waals surface area contributed by atoms with Crippen molar-refractivity contribution in [3.8, 4) is 5.69 Å². The van der Waals surface area contributed by atoms with Gasteiger partial charge in [-0.3, -0.25) is 9.36 Å². The third-order valence-corrected chi connectivity index (χ3v) is 4.93. The molecular weight excluding hydrogens is 390 g/mol. The summed E-state index contributed by atoms with van der Waals surface area (Å²) in [6, 6.07) is 12.1. The van der Waals surface area contributed by atoms with Gasteiger partial charge in [0, 0.05) is 19.2 Å². The average molecular weight is 410 g/mol. The molecule has 0 saturated heterocycles. The molecule has 0 atom stereocenters. The maximum absolute atomic E-state index is 13.6. The molecule has 2 aromatic heterocycles. The van der Waals surface area contributed by atoms with Gasteiger partial charge in [-0.15, -0.1) is 0 Å². The van der Waals surface area contributed by atoms with Crippen LogP contribution in [0.5, 0.6) is 0 Å². The Kier molecular flexibility index (Phi) is 5.31. The van der Waals surface area contributed by atoms with E-state index in [0.717, 1.165) is 12.5 Å². The van der Waals surface area contributed by atoms with Crippen molar-refractivity contribution in [1.82, 2.24) is 18.7 Å². The number of rotatable bonds is 6. The molecule has 0 aliphatic carbocycles. The first kappa shape index (κ1) is 19.8. The van der Waals surface area contributed by atoms with Crippen LogP contribution in [0.25, 0.3) is 16.9 Å². The second-order valence-electron chi connectivity index (χ2n) is 7.09. The highest BCUT2D eigenvalue weighted by molar-refractivity contribution is 5.72. The minimum Gasteiger partial charge on any atom is -0.320 e. The van der Waals surface area contributed by atoms with Gasteiger partial charge in [-0.05, 0) is 36.2 Å². The number of hydrogen-bond acceptors (Lipinski definition) is 3. The summed E-state index contributed by atoms with van der Waals surface area (Å²) < 4.78 is 31.3. The molecule has 0 aliphatic heterocycles. The second-order valence-corrected chi connectivity index (χ2v) is 7.09. The van der Waals surface area contributed by atoms with Crippen LogP contribution in [0.2, 0.25) is 0 Å². The van der Waals surface area contributed by atoms with Crippen molar-refractivity contribution in [2.24, 2.45) is 0 Å². The van der Waals surface area contributed by atoms with E-state index in [1.165, 1.54) is 32.2 Å². The van der Waals surface area contributed by atoms with E-state index in [-0.39, 0.29) is 24.3 Å². The topological polar surface area (TPSA) is 61.8 Å². The fourth-order valence-corrected chi connectivity index (χ4v) is 3.52. The maximum Gasteiger partial charge on any atom is 0.337 e. The summed E-state index contributed by atoms with van der Waals surface area (Å²) in [4.78, 5) is 30.6. The molecule has 0 aliphatic rings. The Morgan fingerprint density at radius 3 is 2.37 bits per heavy atom. The Morgan fingerprint density at radius 1 is 1.00 bits per heavy atom. The van der Waals surface area contributed by atoms with E-state index < -0.39 is 22.9 Å². The highest BCUT2D eigenvalue weighted by Crippen LogP contribution is 2.16. The fourth-order valence-electron chi connectivity index (χ4n) is 3.52. The number of unbranched alkanes of at least 4 members (excludes halogenated alkanes) is 1. The van der Waals surface area contributed by atoms with Crippen LogP contribution >= 0.6 is 0 Å². The maximum atomic E-state index is 13.6. The Bertz CT molecular complexity index is 1300. The van der Waals surface area contributed by atoms with E-state index in [4.69, 9.17) is 0 Å². The molecule has 0 spiro atoms. The summed E-state index contributed by atoms with van der Waals surface area (Å²) in [5, 5.41) is 0. The van der Waals surface area contributed by atoms with Crippen LogP contribution in [0.15, 0.2) is 64.4 Å². The standard InChI is InChI=1S/C22H20F2N4O2/c1-2-3-9-27-21(29)19-20(28(22(27)30)18-7-5-4-6-8-18)25-14-26(19)13-15-10-16(23)12-17(24)11-15/h4-8,10-12,14H,2-3,9,13H2,1H3. The molecule has 0 N–H and O–H groups in total. The van der Waals surface area contributed by atoms with Crippen molar-refractivity contribution in [3.05, 3.63) is 92.9 Å². The number of nitrogens with zero attached hydrogens (tertiary/aromatic N) is 4. The molecule has 8 heteroatoms. The lowest BCUT2D eigenvalue weighted by molar-refractivity contribution is 0.573. The van der Waals surface area contributed by atoms with E-state index >= 15 is 0 Å². The third-order valence-electron chi connectivity index (χ3n) is 4.93. The quantitative estimate of drug-likeness (QED) is 0.489. The minimum atomic E-state index is -0.698. The van der Waals surface area contributed by atoms with Gasteiger partial charge in [0.2, 0.25) is 0 Å². The second kappa shape index (κ2) is 8.06. The molecular formula is C22H20F2N4O2. The van der Waals surface area contributed by atoms with Crippen molar-refractivity contribution >= 4 is 11.2 Å². The summed E-state index contributed by atoms with van der Waals surface area (Å²) >= 11 is 0. The monoisotopic (exact) mass is 410 g/mol. The van der Waals surface area contributed by atoms with Crippen molar-refractivity contribution in [2.75, 3.05) is 0 Å². The molecule has 2 aromatic carbocycles. The lowest BCUT2D eigenvalue weighted by atomic mass is 10.2. The molecule has 4 rings (SSSR count).